The third-order valence-electron chi connectivity index (χ3n) is 5.33. The first-order valence-electron chi connectivity index (χ1n) is 9.16. The van der Waals surface area contributed by atoms with E-state index in [1.165, 1.54) is 4.90 Å². The summed E-state index contributed by atoms with van der Waals surface area (Å²) in [4.78, 5) is 16.6. The second-order valence-electron chi connectivity index (χ2n) is 7.04. The monoisotopic (exact) mass is 406 g/mol. The number of imidazole rings is 1. The van der Waals surface area contributed by atoms with Crippen LogP contribution in [0.3, 0.4) is 0 Å². The van der Waals surface area contributed by atoms with Gasteiger partial charge in [-0.2, -0.15) is 13.2 Å². The lowest BCUT2D eigenvalue weighted by Gasteiger charge is -2.34. The molecule has 5 nitrogen and oxygen atoms in total. The van der Waals surface area contributed by atoms with Gasteiger partial charge >= 0.3 is 11.9 Å². The number of piperidine rings is 1. The van der Waals surface area contributed by atoms with Gasteiger partial charge in [0.05, 0.1) is 22.2 Å². The third kappa shape index (κ3) is 3.41. The van der Waals surface area contributed by atoms with Crippen molar-refractivity contribution in [2.45, 2.75) is 25.1 Å². The maximum absolute atomic E-state index is 14.2. The van der Waals surface area contributed by atoms with E-state index in [-0.39, 0.29) is 24.8 Å². The fourth-order valence-electron chi connectivity index (χ4n) is 3.94. The first-order chi connectivity index (χ1) is 13.8. The number of nitrogens with zero attached hydrogens (tertiary/aromatic N) is 2. The number of aromatic amines is 1. The summed E-state index contributed by atoms with van der Waals surface area (Å²) in [7, 11) is 0. The molecule has 2 heterocycles. The summed E-state index contributed by atoms with van der Waals surface area (Å²) in [6.07, 6.45) is -3.83. The fourth-order valence-corrected chi connectivity index (χ4v) is 3.94. The number of hydrogen-bond acceptors (Lipinski definition) is 2. The summed E-state index contributed by atoms with van der Waals surface area (Å²) in [5.41, 5.74) is -0.651. The van der Waals surface area contributed by atoms with Crippen molar-refractivity contribution >= 4 is 16.9 Å². The van der Waals surface area contributed by atoms with Gasteiger partial charge in [-0.1, -0.05) is 18.2 Å². The van der Waals surface area contributed by atoms with Crippen LogP contribution in [-0.4, -0.2) is 33.4 Å². The zero-order chi connectivity index (χ0) is 20.8. The van der Waals surface area contributed by atoms with E-state index >= 15 is 0 Å². The Balaban J connectivity index is 1.57. The highest BCUT2D eigenvalue weighted by Crippen LogP contribution is 2.34. The van der Waals surface area contributed by atoms with E-state index in [2.05, 4.69) is 4.98 Å². The predicted octanol–water partition coefficient (Wildman–Crippen LogP) is 4.15. The molecule has 0 bridgehead atoms. The Labute approximate surface area is 163 Å². The van der Waals surface area contributed by atoms with Gasteiger partial charge in [0.1, 0.15) is 11.7 Å². The van der Waals surface area contributed by atoms with Crippen LogP contribution in [0.25, 0.3) is 11.0 Å². The highest BCUT2D eigenvalue weighted by molar-refractivity contribution is 5.98. The third-order valence-corrected chi connectivity index (χ3v) is 5.33. The summed E-state index contributed by atoms with van der Waals surface area (Å²) in [6.45, 7) is 0.502. The Hall–Kier alpha value is -3.10. The Morgan fingerprint density at radius 1 is 1.07 bits per heavy atom. The summed E-state index contributed by atoms with van der Waals surface area (Å²) in [5.74, 6) is -1.56. The number of benzene rings is 2. The van der Waals surface area contributed by atoms with Crippen molar-refractivity contribution in [2.24, 2.45) is 0 Å². The standard InChI is InChI=1S/C20H18F4N4O/c21-14-5-3-4-13(20(22,23)24)17(14)18(25)27-10-8-12(9-11-27)28-16-7-2-1-6-15(16)26-19(28)29/h1-7,12,25H,8-11H2,(H,26,29). The van der Waals surface area contributed by atoms with Crippen molar-refractivity contribution in [2.75, 3.05) is 13.1 Å². The molecule has 0 radical (unpaired) electrons. The molecule has 0 amide bonds. The van der Waals surface area contributed by atoms with Gasteiger partial charge in [-0.15, -0.1) is 0 Å². The molecule has 2 aromatic carbocycles. The molecule has 9 heteroatoms. The number of hydrogen-bond donors (Lipinski definition) is 2. The Kier molecular flexibility index (Phi) is 4.68. The average molecular weight is 406 g/mol. The summed E-state index contributed by atoms with van der Waals surface area (Å²) >= 11 is 0. The van der Waals surface area contributed by atoms with Gasteiger partial charge in [0.25, 0.3) is 0 Å². The largest absolute Gasteiger partial charge is 0.417 e. The highest BCUT2D eigenvalue weighted by Gasteiger charge is 2.37. The summed E-state index contributed by atoms with van der Waals surface area (Å²) in [5, 5.41) is 8.21. The molecule has 0 spiro atoms. The molecule has 29 heavy (non-hydrogen) atoms. The van der Waals surface area contributed by atoms with Gasteiger partial charge in [0, 0.05) is 19.1 Å². The number of alkyl halides is 3. The lowest BCUT2D eigenvalue weighted by atomic mass is 10.0. The molecule has 152 valence electrons. The van der Waals surface area contributed by atoms with Crippen molar-refractivity contribution in [1.82, 2.24) is 14.5 Å². The van der Waals surface area contributed by atoms with E-state index in [9.17, 15) is 22.4 Å². The van der Waals surface area contributed by atoms with E-state index < -0.39 is 29.0 Å². The lowest BCUT2D eigenvalue weighted by molar-refractivity contribution is -0.138. The maximum atomic E-state index is 14.2. The molecule has 2 N–H and O–H groups in total. The van der Waals surface area contributed by atoms with Crippen molar-refractivity contribution in [3.63, 3.8) is 0 Å². The molecule has 1 saturated heterocycles. The van der Waals surface area contributed by atoms with Gasteiger partial charge in [-0.25, -0.2) is 9.18 Å². The molecule has 1 aromatic heterocycles. The van der Waals surface area contributed by atoms with Crippen LogP contribution in [0.1, 0.15) is 30.0 Å². The van der Waals surface area contributed by atoms with Crippen LogP contribution in [0.2, 0.25) is 0 Å². The van der Waals surface area contributed by atoms with E-state index in [0.29, 0.717) is 18.4 Å². The van der Waals surface area contributed by atoms with Gasteiger partial charge in [0.2, 0.25) is 0 Å². The number of likely N-dealkylation sites (tertiary alicyclic amines) is 1. The number of aromatic nitrogens is 2. The van der Waals surface area contributed by atoms with E-state index in [1.54, 1.807) is 10.6 Å². The van der Waals surface area contributed by atoms with Crippen molar-refractivity contribution in [3.05, 3.63) is 69.9 Å². The molecular weight excluding hydrogens is 388 g/mol. The minimum atomic E-state index is -4.75. The minimum Gasteiger partial charge on any atom is -0.356 e. The summed E-state index contributed by atoms with van der Waals surface area (Å²) < 4.78 is 55.7. The second-order valence-corrected chi connectivity index (χ2v) is 7.04. The SMILES string of the molecule is N=C(c1c(F)cccc1C(F)(F)F)N1CCC(n2c(=O)[nH]c3ccccc32)CC1. The number of rotatable bonds is 2. The average Bonchev–Trinajstić information content (AvgIpc) is 3.02. The van der Waals surface area contributed by atoms with Gasteiger partial charge in [0.15, 0.2) is 0 Å². The van der Waals surface area contributed by atoms with Crippen LogP contribution in [0.5, 0.6) is 0 Å². The maximum Gasteiger partial charge on any atom is 0.417 e. The number of fused-ring (bicyclic) bond motifs is 1. The van der Waals surface area contributed by atoms with Crippen molar-refractivity contribution in [3.8, 4) is 0 Å². The van der Waals surface area contributed by atoms with Gasteiger partial charge in [-0.3, -0.25) is 9.98 Å². The molecule has 1 aliphatic heterocycles. The van der Waals surface area contributed by atoms with Crippen LogP contribution in [0.4, 0.5) is 17.6 Å². The van der Waals surface area contributed by atoms with Crippen molar-refractivity contribution < 1.29 is 17.6 Å². The normalized spacial score (nSPS) is 15.8. The fraction of sp³-hybridized carbons (Fsp3) is 0.300. The van der Waals surface area contributed by atoms with Crippen LogP contribution in [0.15, 0.2) is 47.3 Å². The first-order valence-corrected chi connectivity index (χ1v) is 9.16. The van der Waals surface area contributed by atoms with E-state index in [0.717, 1.165) is 23.7 Å². The number of halogens is 4. The van der Waals surface area contributed by atoms with Crippen LogP contribution >= 0.6 is 0 Å². The molecule has 0 atom stereocenters. The van der Waals surface area contributed by atoms with Crippen molar-refractivity contribution in [1.29, 1.82) is 5.41 Å². The van der Waals surface area contributed by atoms with Crippen LogP contribution < -0.4 is 5.69 Å². The second kappa shape index (κ2) is 7.06. The zero-order valence-corrected chi connectivity index (χ0v) is 15.3. The molecule has 1 aliphatic rings. The molecule has 0 saturated carbocycles. The van der Waals surface area contributed by atoms with Gasteiger partial charge in [-0.05, 0) is 37.1 Å². The van der Waals surface area contributed by atoms with Crippen LogP contribution in [0, 0.1) is 11.2 Å². The summed E-state index contributed by atoms with van der Waals surface area (Å²) in [6, 6.07) is 9.83. The molecule has 0 aliphatic carbocycles. The number of para-hydroxylation sites is 2. The molecule has 3 aromatic rings. The number of amidine groups is 1. The highest BCUT2D eigenvalue weighted by atomic mass is 19.4. The topological polar surface area (TPSA) is 64.9 Å². The predicted molar refractivity (Wildman–Crippen MR) is 101 cm³/mol. The first kappa shape index (κ1) is 19.2. The van der Waals surface area contributed by atoms with E-state index in [1.807, 2.05) is 18.2 Å². The lowest BCUT2D eigenvalue weighted by Crippen LogP contribution is -2.41. The molecular formula is C20H18F4N4O. The zero-order valence-electron chi connectivity index (χ0n) is 15.3. The van der Waals surface area contributed by atoms with Crippen LogP contribution in [-0.2, 0) is 6.18 Å². The molecule has 0 unspecified atom stereocenters. The number of H-pyrrole nitrogens is 1. The molecule has 4 rings (SSSR count). The molecule has 1 fully saturated rings. The van der Waals surface area contributed by atoms with E-state index in [4.69, 9.17) is 5.41 Å². The minimum absolute atomic E-state index is 0.148. The Morgan fingerprint density at radius 3 is 2.45 bits per heavy atom. The quantitative estimate of drug-likeness (QED) is 0.382. The Morgan fingerprint density at radius 2 is 1.76 bits per heavy atom. The smallest absolute Gasteiger partial charge is 0.356 e. The Bertz CT molecular complexity index is 1120. The van der Waals surface area contributed by atoms with Gasteiger partial charge < -0.3 is 9.88 Å². The number of nitrogens with one attached hydrogen (secondary N) is 2.